The molecule has 0 saturated carbocycles. The van der Waals surface area contributed by atoms with Crippen molar-refractivity contribution >= 4 is 17.6 Å². The fourth-order valence-corrected chi connectivity index (χ4v) is 2.45. The molecule has 0 radical (unpaired) electrons. The van der Waals surface area contributed by atoms with Gasteiger partial charge in [-0.3, -0.25) is 0 Å². The number of aliphatic hydroxyl groups excluding tert-OH is 1. The summed E-state index contributed by atoms with van der Waals surface area (Å²) in [7, 11) is 2.49. The Balaban J connectivity index is 2.55. The Bertz CT molecular complexity index is 652. The van der Waals surface area contributed by atoms with E-state index in [1.54, 1.807) is 23.1 Å². The minimum atomic E-state index is -0.640. The molecule has 0 amide bonds. The Hall–Kier alpha value is -2.38. The van der Waals surface area contributed by atoms with Crippen LogP contribution in [0.5, 0.6) is 0 Å². The number of rotatable bonds is 4. The predicted molar refractivity (Wildman–Crippen MR) is 81.5 cm³/mol. The van der Waals surface area contributed by atoms with Gasteiger partial charge in [0.2, 0.25) is 0 Å². The van der Waals surface area contributed by atoms with E-state index in [4.69, 9.17) is 14.2 Å². The third kappa shape index (κ3) is 3.35. The van der Waals surface area contributed by atoms with Crippen LogP contribution in [0.4, 0.5) is 5.69 Å². The zero-order valence-corrected chi connectivity index (χ0v) is 13.3. The lowest BCUT2D eigenvalue weighted by atomic mass is 10.1. The van der Waals surface area contributed by atoms with Crippen LogP contribution in [0.25, 0.3) is 0 Å². The lowest BCUT2D eigenvalue weighted by molar-refractivity contribution is -0.140. The molecule has 1 aliphatic heterocycles. The van der Waals surface area contributed by atoms with Gasteiger partial charge in [0.25, 0.3) is 0 Å². The molecular weight excluding hydrogens is 302 g/mol. The fraction of sp³-hybridized carbons (Fsp3) is 0.375. The number of esters is 2. The van der Waals surface area contributed by atoms with E-state index in [0.717, 1.165) is 11.1 Å². The summed E-state index contributed by atoms with van der Waals surface area (Å²) < 4.78 is 14.9. The van der Waals surface area contributed by atoms with Crippen molar-refractivity contribution in [3.05, 3.63) is 40.6 Å². The SMILES string of the molecule is COC(=O)C1=C(C(=O)OC)N(c2ccc(CO)cc2C)COC1. The quantitative estimate of drug-likeness (QED) is 0.824. The molecule has 1 aromatic rings. The first-order valence-corrected chi connectivity index (χ1v) is 6.99. The molecule has 0 saturated heterocycles. The number of aryl methyl sites for hydroxylation is 1. The van der Waals surface area contributed by atoms with Gasteiger partial charge in [0.1, 0.15) is 12.4 Å². The lowest BCUT2D eigenvalue weighted by Crippen LogP contribution is -2.39. The molecule has 1 aliphatic rings. The molecule has 0 aromatic heterocycles. The summed E-state index contributed by atoms with van der Waals surface area (Å²) in [6.45, 7) is 1.84. The highest BCUT2D eigenvalue weighted by Gasteiger charge is 2.32. The molecule has 2 rings (SSSR count). The van der Waals surface area contributed by atoms with Crippen molar-refractivity contribution in [3.8, 4) is 0 Å². The van der Waals surface area contributed by atoms with Gasteiger partial charge in [-0.2, -0.15) is 0 Å². The zero-order chi connectivity index (χ0) is 17.0. The molecule has 0 atom stereocenters. The van der Waals surface area contributed by atoms with Crippen molar-refractivity contribution in [3.63, 3.8) is 0 Å². The van der Waals surface area contributed by atoms with Crippen molar-refractivity contribution in [1.82, 2.24) is 0 Å². The fourth-order valence-electron chi connectivity index (χ4n) is 2.45. The molecule has 1 heterocycles. The van der Waals surface area contributed by atoms with E-state index in [0.29, 0.717) is 5.69 Å². The minimum Gasteiger partial charge on any atom is -0.466 e. The zero-order valence-electron chi connectivity index (χ0n) is 13.3. The van der Waals surface area contributed by atoms with Crippen LogP contribution >= 0.6 is 0 Å². The van der Waals surface area contributed by atoms with Gasteiger partial charge in [-0.05, 0) is 24.1 Å². The van der Waals surface area contributed by atoms with E-state index in [-0.39, 0.29) is 31.2 Å². The third-order valence-electron chi connectivity index (χ3n) is 3.57. The minimum absolute atomic E-state index is 0.0264. The molecular formula is C16H19NO6. The molecule has 0 bridgehead atoms. The standard InChI is InChI=1S/C16H19NO6/c1-10-6-11(7-18)4-5-13(10)17-9-23-8-12(15(19)21-2)14(17)16(20)22-3/h4-6,18H,7-9H2,1-3H3. The van der Waals surface area contributed by atoms with Crippen molar-refractivity contribution < 1.29 is 28.9 Å². The van der Waals surface area contributed by atoms with E-state index in [9.17, 15) is 14.7 Å². The van der Waals surface area contributed by atoms with Crippen LogP contribution < -0.4 is 4.90 Å². The highest BCUT2D eigenvalue weighted by atomic mass is 16.5. The number of hydrogen-bond acceptors (Lipinski definition) is 7. The number of methoxy groups -OCH3 is 2. The average Bonchev–Trinajstić information content (AvgIpc) is 2.59. The van der Waals surface area contributed by atoms with Gasteiger partial charge in [0.15, 0.2) is 0 Å². The second-order valence-electron chi connectivity index (χ2n) is 4.99. The number of nitrogens with zero attached hydrogens (tertiary/aromatic N) is 1. The summed E-state index contributed by atoms with van der Waals surface area (Å²) in [5, 5.41) is 9.21. The van der Waals surface area contributed by atoms with E-state index >= 15 is 0 Å². The Morgan fingerprint density at radius 2 is 1.96 bits per heavy atom. The Labute approximate surface area is 134 Å². The van der Waals surface area contributed by atoms with E-state index in [2.05, 4.69) is 0 Å². The van der Waals surface area contributed by atoms with E-state index in [1.807, 2.05) is 6.92 Å². The summed E-state index contributed by atoms with van der Waals surface area (Å²) in [5.41, 5.74) is 2.47. The monoisotopic (exact) mass is 321 g/mol. The van der Waals surface area contributed by atoms with Crippen LogP contribution in [-0.2, 0) is 30.4 Å². The maximum absolute atomic E-state index is 12.2. The molecule has 0 unspecified atom stereocenters. The van der Waals surface area contributed by atoms with Crippen molar-refractivity contribution in [2.45, 2.75) is 13.5 Å². The van der Waals surface area contributed by atoms with Gasteiger partial charge in [0, 0.05) is 5.69 Å². The second kappa shape index (κ2) is 7.26. The number of carbonyl (C=O) groups excluding carboxylic acids is 2. The number of ether oxygens (including phenoxy) is 3. The summed E-state index contributed by atoms with van der Waals surface area (Å²) in [4.78, 5) is 25.7. The average molecular weight is 321 g/mol. The first-order chi connectivity index (χ1) is 11.0. The first-order valence-electron chi connectivity index (χ1n) is 6.99. The molecule has 0 aliphatic carbocycles. The first kappa shape index (κ1) is 17.0. The number of hydrogen-bond donors (Lipinski definition) is 1. The van der Waals surface area contributed by atoms with Crippen LogP contribution in [0.3, 0.4) is 0 Å². The molecule has 23 heavy (non-hydrogen) atoms. The van der Waals surface area contributed by atoms with E-state index in [1.165, 1.54) is 14.2 Å². The Morgan fingerprint density at radius 1 is 1.26 bits per heavy atom. The van der Waals surface area contributed by atoms with E-state index < -0.39 is 11.9 Å². The number of anilines is 1. The summed E-state index contributed by atoms with van der Waals surface area (Å²) in [6, 6.07) is 5.30. The molecule has 1 aromatic carbocycles. The molecule has 7 nitrogen and oxygen atoms in total. The van der Waals surface area contributed by atoms with Crippen LogP contribution in [0.1, 0.15) is 11.1 Å². The number of benzene rings is 1. The molecule has 0 fully saturated rings. The van der Waals surface area contributed by atoms with Crippen molar-refractivity contribution in [1.29, 1.82) is 0 Å². The van der Waals surface area contributed by atoms with Crippen LogP contribution in [0, 0.1) is 6.92 Å². The molecule has 7 heteroatoms. The number of carbonyl (C=O) groups is 2. The Kier molecular flexibility index (Phi) is 5.36. The number of aliphatic hydroxyl groups is 1. The van der Waals surface area contributed by atoms with Crippen LogP contribution in [0.2, 0.25) is 0 Å². The lowest BCUT2D eigenvalue weighted by Gasteiger charge is -2.32. The summed E-state index contributed by atoms with van der Waals surface area (Å²) in [5.74, 6) is -1.28. The molecule has 124 valence electrons. The van der Waals surface area contributed by atoms with Gasteiger partial charge in [-0.25, -0.2) is 9.59 Å². The Morgan fingerprint density at radius 3 is 2.52 bits per heavy atom. The normalized spacial score (nSPS) is 14.7. The van der Waals surface area contributed by atoms with Gasteiger partial charge < -0.3 is 24.2 Å². The maximum atomic E-state index is 12.2. The summed E-state index contributed by atoms with van der Waals surface area (Å²) >= 11 is 0. The molecule has 1 N–H and O–H groups in total. The highest BCUT2D eigenvalue weighted by molar-refractivity contribution is 6.03. The van der Waals surface area contributed by atoms with Crippen molar-refractivity contribution in [2.24, 2.45) is 0 Å². The summed E-state index contributed by atoms with van der Waals surface area (Å²) in [6.07, 6.45) is 0. The maximum Gasteiger partial charge on any atom is 0.355 e. The van der Waals surface area contributed by atoms with Gasteiger partial charge in [0.05, 0.1) is 33.0 Å². The van der Waals surface area contributed by atoms with Gasteiger partial charge in [-0.1, -0.05) is 12.1 Å². The van der Waals surface area contributed by atoms with Gasteiger partial charge >= 0.3 is 11.9 Å². The van der Waals surface area contributed by atoms with Gasteiger partial charge in [-0.15, -0.1) is 0 Å². The van der Waals surface area contributed by atoms with Crippen molar-refractivity contribution in [2.75, 3.05) is 32.5 Å². The molecule has 0 spiro atoms. The second-order valence-corrected chi connectivity index (χ2v) is 4.99. The van der Waals surface area contributed by atoms with Crippen LogP contribution in [-0.4, -0.2) is 44.6 Å². The smallest absolute Gasteiger partial charge is 0.355 e. The predicted octanol–water partition coefficient (Wildman–Crippen LogP) is 0.882. The highest BCUT2D eigenvalue weighted by Crippen LogP contribution is 2.29. The third-order valence-corrected chi connectivity index (χ3v) is 3.57. The van der Waals surface area contributed by atoms with Crippen LogP contribution in [0.15, 0.2) is 29.5 Å². The topological polar surface area (TPSA) is 85.3 Å². The largest absolute Gasteiger partial charge is 0.466 e.